The van der Waals surface area contributed by atoms with E-state index in [0.717, 1.165) is 18.3 Å². The lowest BCUT2D eigenvalue weighted by Gasteiger charge is -2.38. The van der Waals surface area contributed by atoms with Gasteiger partial charge in [0, 0.05) is 57.7 Å². The first-order valence-corrected chi connectivity index (χ1v) is 9.06. The quantitative estimate of drug-likeness (QED) is 0.927. The van der Waals surface area contributed by atoms with Crippen LogP contribution in [0.15, 0.2) is 36.7 Å². The van der Waals surface area contributed by atoms with Crippen molar-refractivity contribution in [1.29, 1.82) is 0 Å². The second kappa shape index (κ2) is 7.05. The van der Waals surface area contributed by atoms with Gasteiger partial charge in [-0.25, -0.2) is 4.68 Å². The molecule has 3 heterocycles. The third-order valence-electron chi connectivity index (χ3n) is 5.45. The van der Waals surface area contributed by atoms with Gasteiger partial charge in [0.2, 0.25) is 0 Å². The first kappa shape index (κ1) is 15.8. The minimum Gasteiger partial charge on any atom is -0.315 e. The van der Waals surface area contributed by atoms with Gasteiger partial charge in [0.15, 0.2) is 0 Å². The van der Waals surface area contributed by atoms with Crippen LogP contribution in [-0.4, -0.2) is 64.9 Å². The highest BCUT2D eigenvalue weighted by Crippen LogP contribution is 2.18. The van der Waals surface area contributed by atoms with E-state index in [1.807, 2.05) is 23.1 Å². The van der Waals surface area contributed by atoms with Gasteiger partial charge >= 0.3 is 0 Å². The molecule has 0 spiro atoms. The van der Waals surface area contributed by atoms with Crippen LogP contribution in [0, 0.1) is 6.92 Å². The van der Waals surface area contributed by atoms with Crippen LogP contribution in [0.5, 0.6) is 0 Å². The van der Waals surface area contributed by atoms with Crippen molar-refractivity contribution in [3.05, 3.63) is 47.8 Å². The summed E-state index contributed by atoms with van der Waals surface area (Å²) in [7, 11) is 0. The molecule has 1 aromatic heterocycles. The number of nitrogens with zero attached hydrogens (tertiary/aromatic N) is 4. The van der Waals surface area contributed by atoms with Crippen molar-refractivity contribution in [2.24, 2.45) is 0 Å². The molecule has 2 aliphatic rings. The molecule has 0 aliphatic carbocycles. The maximum atomic E-state index is 4.31. The monoisotopic (exact) mass is 325 g/mol. The fraction of sp³-hybridized carbons (Fsp3) is 0.526. The minimum absolute atomic E-state index is 0.766. The zero-order valence-corrected chi connectivity index (χ0v) is 14.5. The molecule has 1 N–H and O–H groups in total. The molecule has 1 atom stereocenters. The summed E-state index contributed by atoms with van der Waals surface area (Å²) >= 11 is 0. The molecule has 2 fully saturated rings. The summed E-state index contributed by atoms with van der Waals surface area (Å²) in [5.41, 5.74) is 3.92. The normalized spacial score (nSPS) is 23.0. The Morgan fingerprint density at radius 2 is 2.08 bits per heavy atom. The molecule has 1 unspecified atom stereocenters. The highest BCUT2D eigenvalue weighted by Gasteiger charge is 2.26. The van der Waals surface area contributed by atoms with Gasteiger partial charge in [-0.1, -0.05) is 6.07 Å². The van der Waals surface area contributed by atoms with Gasteiger partial charge in [-0.2, -0.15) is 5.10 Å². The lowest BCUT2D eigenvalue weighted by atomic mass is 10.1. The van der Waals surface area contributed by atoms with Crippen LogP contribution in [0.2, 0.25) is 0 Å². The van der Waals surface area contributed by atoms with Gasteiger partial charge in [-0.05, 0) is 49.2 Å². The van der Waals surface area contributed by atoms with E-state index in [1.54, 1.807) is 0 Å². The second-order valence-corrected chi connectivity index (χ2v) is 7.02. The number of aromatic nitrogens is 2. The summed E-state index contributed by atoms with van der Waals surface area (Å²) < 4.78 is 1.92. The van der Waals surface area contributed by atoms with E-state index in [2.05, 4.69) is 45.3 Å². The molecule has 0 radical (unpaired) electrons. The Bertz CT molecular complexity index is 652. The van der Waals surface area contributed by atoms with Gasteiger partial charge in [0.25, 0.3) is 0 Å². The predicted molar refractivity (Wildman–Crippen MR) is 96.4 cm³/mol. The summed E-state index contributed by atoms with van der Waals surface area (Å²) in [6, 6.07) is 9.41. The minimum atomic E-state index is 0.766. The molecule has 2 saturated heterocycles. The van der Waals surface area contributed by atoms with Crippen LogP contribution in [0.25, 0.3) is 5.69 Å². The SMILES string of the molecule is Cc1cc(-n2cccn2)ccc1CN1CCN(C2CCNC2)CC1. The van der Waals surface area contributed by atoms with Crippen molar-refractivity contribution in [1.82, 2.24) is 24.9 Å². The Balaban J connectivity index is 1.36. The average Bonchev–Trinajstić information content (AvgIpc) is 3.31. The number of nitrogens with one attached hydrogen (secondary N) is 1. The van der Waals surface area contributed by atoms with Crippen LogP contribution in [0.1, 0.15) is 17.5 Å². The van der Waals surface area contributed by atoms with Crippen molar-refractivity contribution in [2.45, 2.75) is 25.9 Å². The molecule has 4 rings (SSSR count). The number of benzene rings is 1. The molecule has 5 heteroatoms. The maximum Gasteiger partial charge on any atom is 0.0648 e. The van der Waals surface area contributed by atoms with Gasteiger partial charge in [-0.15, -0.1) is 0 Å². The molecular weight excluding hydrogens is 298 g/mol. The molecule has 128 valence electrons. The Morgan fingerprint density at radius 3 is 2.75 bits per heavy atom. The van der Waals surface area contributed by atoms with Crippen LogP contribution in [0.3, 0.4) is 0 Å². The fourth-order valence-corrected chi connectivity index (χ4v) is 3.90. The largest absolute Gasteiger partial charge is 0.315 e. The molecular formula is C19H27N5. The van der Waals surface area contributed by atoms with Gasteiger partial charge in [-0.3, -0.25) is 9.80 Å². The molecule has 0 saturated carbocycles. The first-order chi connectivity index (χ1) is 11.8. The summed E-state index contributed by atoms with van der Waals surface area (Å²) in [5.74, 6) is 0. The number of rotatable bonds is 4. The van der Waals surface area contributed by atoms with Crippen molar-refractivity contribution >= 4 is 0 Å². The third kappa shape index (κ3) is 3.38. The maximum absolute atomic E-state index is 4.31. The van der Waals surface area contributed by atoms with Crippen LogP contribution in [-0.2, 0) is 6.54 Å². The van der Waals surface area contributed by atoms with E-state index in [1.165, 1.54) is 56.8 Å². The standard InChI is InChI=1S/C19H27N5/c1-16-13-18(24-8-2-6-21-24)4-3-17(16)15-22-9-11-23(12-10-22)19-5-7-20-14-19/h2-4,6,8,13,19-20H,5,7,9-12,14-15H2,1H3. The van der Waals surface area contributed by atoms with Crippen LogP contribution in [0.4, 0.5) is 0 Å². The summed E-state index contributed by atoms with van der Waals surface area (Å²) in [6.45, 7) is 10.4. The van der Waals surface area contributed by atoms with Gasteiger partial charge in [0.1, 0.15) is 0 Å². The van der Waals surface area contributed by atoms with E-state index in [9.17, 15) is 0 Å². The molecule has 0 amide bonds. The van der Waals surface area contributed by atoms with E-state index in [0.29, 0.717) is 0 Å². The van der Waals surface area contributed by atoms with Crippen molar-refractivity contribution < 1.29 is 0 Å². The van der Waals surface area contributed by atoms with E-state index in [-0.39, 0.29) is 0 Å². The molecule has 2 aromatic rings. The molecule has 24 heavy (non-hydrogen) atoms. The lowest BCUT2D eigenvalue weighted by Crippen LogP contribution is -2.50. The van der Waals surface area contributed by atoms with E-state index in [4.69, 9.17) is 0 Å². The average molecular weight is 325 g/mol. The summed E-state index contributed by atoms with van der Waals surface area (Å²) in [6.07, 6.45) is 5.13. The zero-order valence-electron chi connectivity index (χ0n) is 14.5. The van der Waals surface area contributed by atoms with Crippen molar-refractivity contribution in [3.8, 4) is 5.69 Å². The predicted octanol–water partition coefficient (Wildman–Crippen LogP) is 1.66. The van der Waals surface area contributed by atoms with E-state index >= 15 is 0 Å². The number of hydrogen-bond donors (Lipinski definition) is 1. The van der Waals surface area contributed by atoms with E-state index < -0.39 is 0 Å². The number of piperazine rings is 1. The zero-order chi connectivity index (χ0) is 16.4. The fourth-order valence-electron chi connectivity index (χ4n) is 3.90. The van der Waals surface area contributed by atoms with Crippen molar-refractivity contribution in [3.63, 3.8) is 0 Å². The summed E-state index contributed by atoms with van der Waals surface area (Å²) in [5, 5.41) is 7.80. The Morgan fingerprint density at radius 1 is 1.21 bits per heavy atom. The smallest absolute Gasteiger partial charge is 0.0648 e. The topological polar surface area (TPSA) is 36.3 Å². The number of hydrogen-bond acceptors (Lipinski definition) is 4. The highest BCUT2D eigenvalue weighted by atomic mass is 15.3. The lowest BCUT2D eigenvalue weighted by molar-refractivity contribution is 0.0980. The molecule has 5 nitrogen and oxygen atoms in total. The Kier molecular flexibility index (Phi) is 4.65. The number of aryl methyl sites for hydroxylation is 1. The van der Waals surface area contributed by atoms with Gasteiger partial charge < -0.3 is 5.32 Å². The highest BCUT2D eigenvalue weighted by molar-refractivity contribution is 5.39. The van der Waals surface area contributed by atoms with Crippen molar-refractivity contribution in [2.75, 3.05) is 39.3 Å². The van der Waals surface area contributed by atoms with Crippen LogP contribution >= 0.6 is 0 Å². The van der Waals surface area contributed by atoms with Crippen LogP contribution < -0.4 is 5.32 Å². The third-order valence-corrected chi connectivity index (χ3v) is 5.45. The van der Waals surface area contributed by atoms with Gasteiger partial charge in [0.05, 0.1) is 5.69 Å². The second-order valence-electron chi connectivity index (χ2n) is 7.02. The summed E-state index contributed by atoms with van der Waals surface area (Å²) in [4.78, 5) is 5.26. The Labute approximate surface area is 144 Å². The Hall–Kier alpha value is -1.69. The molecule has 2 aliphatic heterocycles. The molecule has 1 aromatic carbocycles. The first-order valence-electron chi connectivity index (χ1n) is 9.06. The molecule has 0 bridgehead atoms.